The Balaban J connectivity index is 2.03. The van der Waals surface area contributed by atoms with Crippen molar-refractivity contribution in [3.63, 3.8) is 0 Å². The van der Waals surface area contributed by atoms with Gasteiger partial charge in [-0.3, -0.25) is 9.69 Å². The van der Waals surface area contributed by atoms with Crippen LogP contribution in [-0.2, 0) is 4.79 Å². The molecule has 1 heterocycles. The summed E-state index contributed by atoms with van der Waals surface area (Å²) in [5.41, 5.74) is 0.745. The number of rotatable bonds is 9. The van der Waals surface area contributed by atoms with Crippen molar-refractivity contribution in [1.82, 2.24) is 10.2 Å². The summed E-state index contributed by atoms with van der Waals surface area (Å²) >= 11 is 6.22. The van der Waals surface area contributed by atoms with Crippen LogP contribution in [0.15, 0.2) is 41.0 Å². The maximum atomic E-state index is 12.2. The van der Waals surface area contributed by atoms with Crippen LogP contribution >= 0.6 is 11.6 Å². The van der Waals surface area contributed by atoms with Crippen molar-refractivity contribution in [2.45, 2.75) is 13.0 Å². The molecule has 1 aromatic carbocycles. The summed E-state index contributed by atoms with van der Waals surface area (Å²) < 4.78 is 16.2. The number of nitrogens with zero attached hydrogens (tertiary/aromatic N) is 1. The topological polar surface area (TPSA) is 63.9 Å². The number of furan rings is 1. The maximum Gasteiger partial charge on any atom is 0.244 e. The Hall–Kier alpha value is -2.44. The van der Waals surface area contributed by atoms with E-state index in [-0.39, 0.29) is 11.9 Å². The number of methoxy groups -OCH3 is 1. The van der Waals surface area contributed by atoms with Crippen LogP contribution in [0.4, 0.5) is 0 Å². The van der Waals surface area contributed by atoms with E-state index in [0.29, 0.717) is 29.7 Å². The minimum Gasteiger partial charge on any atom is -0.491 e. The van der Waals surface area contributed by atoms with Gasteiger partial charge in [-0.05, 0) is 56.9 Å². The smallest absolute Gasteiger partial charge is 0.244 e. The van der Waals surface area contributed by atoms with Gasteiger partial charge in [-0.15, -0.1) is 0 Å². The fourth-order valence-electron chi connectivity index (χ4n) is 2.59. The molecule has 1 aromatic heterocycles. The van der Waals surface area contributed by atoms with Gasteiger partial charge in [-0.1, -0.05) is 11.6 Å². The molecule has 2 rings (SSSR count). The van der Waals surface area contributed by atoms with Gasteiger partial charge in [0, 0.05) is 12.6 Å². The fourth-order valence-corrected chi connectivity index (χ4v) is 2.89. The Morgan fingerprint density at radius 2 is 2.19 bits per heavy atom. The van der Waals surface area contributed by atoms with Crippen LogP contribution in [0.3, 0.4) is 0 Å². The largest absolute Gasteiger partial charge is 0.491 e. The number of likely N-dealkylation sites (N-methyl/N-ethyl adjacent to an activating group) is 1. The van der Waals surface area contributed by atoms with E-state index in [1.807, 2.05) is 38.1 Å². The third kappa shape index (κ3) is 5.77. The minimum absolute atomic E-state index is 0.0441. The molecular weight excluding hydrogens is 368 g/mol. The molecule has 0 radical (unpaired) electrons. The molecule has 1 amide bonds. The van der Waals surface area contributed by atoms with Crippen LogP contribution in [0.2, 0.25) is 5.02 Å². The van der Waals surface area contributed by atoms with E-state index in [9.17, 15) is 4.79 Å². The summed E-state index contributed by atoms with van der Waals surface area (Å²) in [6.45, 7) is 2.79. The van der Waals surface area contributed by atoms with Crippen LogP contribution < -0.4 is 14.8 Å². The van der Waals surface area contributed by atoms with Crippen molar-refractivity contribution in [2.75, 3.05) is 34.4 Å². The molecule has 0 aliphatic carbocycles. The third-order valence-electron chi connectivity index (χ3n) is 3.93. The second kappa shape index (κ2) is 10.0. The molecular formula is C20H25ClN2O4. The fraction of sp³-hybridized carbons (Fsp3) is 0.350. The van der Waals surface area contributed by atoms with Crippen molar-refractivity contribution in [3.8, 4) is 11.5 Å². The van der Waals surface area contributed by atoms with E-state index in [1.54, 1.807) is 24.5 Å². The van der Waals surface area contributed by atoms with Gasteiger partial charge in [0.1, 0.15) is 5.76 Å². The van der Waals surface area contributed by atoms with E-state index in [2.05, 4.69) is 5.32 Å². The first-order valence-electron chi connectivity index (χ1n) is 8.62. The predicted octanol–water partition coefficient (Wildman–Crippen LogP) is 3.77. The Labute approximate surface area is 164 Å². The Kier molecular flexibility index (Phi) is 7.76. The number of carbonyl (C=O) groups excluding carboxylic acids is 1. The summed E-state index contributed by atoms with van der Waals surface area (Å²) in [6.07, 6.45) is 4.76. The van der Waals surface area contributed by atoms with Gasteiger partial charge in [-0.25, -0.2) is 0 Å². The third-order valence-corrected chi connectivity index (χ3v) is 4.21. The van der Waals surface area contributed by atoms with Gasteiger partial charge in [0.15, 0.2) is 11.5 Å². The van der Waals surface area contributed by atoms with Crippen molar-refractivity contribution in [3.05, 3.63) is 53.0 Å². The molecule has 6 nitrogen and oxygen atoms in total. The Morgan fingerprint density at radius 1 is 1.41 bits per heavy atom. The summed E-state index contributed by atoms with van der Waals surface area (Å²) in [6, 6.07) is 7.18. The number of hydrogen-bond acceptors (Lipinski definition) is 5. The molecule has 0 aliphatic heterocycles. The van der Waals surface area contributed by atoms with Crippen molar-refractivity contribution in [1.29, 1.82) is 0 Å². The first-order valence-corrected chi connectivity index (χ1v) is 9.00. The lowest BCUT2D eigenvalue weighted by Crippen LogP contribution is -2.33. The van der Waals surface area contributed by atoms with Crippen molar-refractivity contribution >= 4 is 23.6 Å². The molecule has 1 unspecified atom stereocenters. The minimum atomic E-state index is -0.210. The lowest BCUT2D eigenvalue weighted by atomic mass is 10.1. The monoisotopic (exact) mass is 392 g/mol. The molecule has 1 atom stereocenters. The maximum absolute atomic E-state index is 12.2. The van der Waals surface area contributed by atoms with Gasteiger partial charge in [0.25, 0.3) is 0 Å². The summed E-state index contributed by atoms with van der Waals surface area (Å²) in [7, 11) is 5.40. The van der Waals surface area contributed by atoms with Crippen LogP contribution in [0.1, 0.15) is 24.3 Å². The van der Waals surface area contributed by atoms with Crippen LogP contribution in [-0.4, -0.2) is 45.2 Å². The van der Waals surface area contributed by atoms with Gasteiger partial charge in [0.05, 0.1) is 31.0 Å². The second-order valence-electron chi connectivity index (χ2n) is 6.04. The molecule has 2 aromatic rings. The molecule has 0 fully saturated rings. The van der Waals surface area contributed by atoms with Gasteiger partial charge in [0.2, 0.25) is 5.91 Å². The molecule has 0 aliphatic rings. The van der Waals surface area contributed by atoms with Crippen LogP contribution in [0.5, 0.6) is 11.5 Å². The number of nitrogens with one attached hydrogen (secondary N) is 1. The quantitative estimate of drug-likeness (QED) is 0.658. The predicted molar refractivity (Wildman–Crippen MR) is 106 cm³/mol. The number of halogens is 1. The Morgan fingerprint density at radius 3 is 2.78 bits per heavy atom. The van der Waals surface area contributed by atoms with Crippen LogP contribution in [0, 0.1) is 0 Å². The summed E-state index contributed by atoms with van der Waals surface area (Å²) in [5, 5.41) is 3.31. The molecule has 0 spiro atoms. The van der Waals surface area contributed by atoms with Gasteiger partial charge >= 0.3 is 0 Å². The first kappa shape index (κ1) is 20.9. The number of benzene rings is 1. The zero-order valence-electron chi connectivity index (χ0n) is 16.0. The van der Waals surface area contributed by atoms with E-state index < -0.39 is 0 Å². The lowest BCUT2D eigenvalue weighted by Gasteiger charge is -2.22. The Bertz CT molecular complexity index is 773. The highest BCUT2D eigenvalue weighted by molar-refractivity contribution is 6.32. The normalized spacial score (nSPS) is 12.4. The molecule has 1 N–H and O–H groups in total. The van der Waals surface area contributed by atoms with E-state index in [4.69, 9.17) is 25.5 Å². The molecule has 0 bridgehead atoms. The van der Waals surface area contributed by atoms with Gasteiger partial charge in [-0.2, -0.15) is 0 Å². The number of ether oxygens (including phenoxy) is 2. The summed E-state index contributed by atoms with van der Waals surface area (Å²) in [5.74, 6) is 1.61. The molecule has 27 heavy (non-hydrogen) atoms. The van der Waals surface area contributed by atoms with Crippen LogP contribution in [0.25, 0.3) is 6.08 Å². The van der Waals surface area contributed by atoms with Gasteiger partial charge < -0.3 is 19.2 Å². The average molecular weight is 393 g/mol. The molecule has 0 saturated heterocycles. The van der Waals surface area contributed by atoms with Crippen molar-refractivity contribution in [2.24, 2.45) is 0 Å². The van der Waals surface area contributed by atoms with E-state index >= 15 is 0 Å². The number of amides is 1. The summed E-state index contributed by atoms with van der Waals surface area (Å²) in [4.78, 5) is 14.2. The number of carbonyl (C=O) groups is 1. The average Bonchev–Trinajstić information content (AvgIpc) is 3.14. The van der Waals surface area contributed by atoms with E-state index in [0.717, 1.165) is 11.3 Å². The highest BCUT2D eigenvalue weighted by Crippen LogP contribution is 2.36. The molecule has 0 saturated carbocycles. The zero-order valence-corrected chi connectivity index (χ0v) is 16.7. The molecule has 7 heteroatoms. The highest BCUT2D eigenvalue weighted by atomic mass is 35.5. The SMILES string of the molecule is CCOc1cc(/C=C/C(=O)NCC(c2ccco2)N(C)C)cc(Cl)c1OC. The lowest BCUT2D eigenvalue weighted by molar-refractivity contribution is -0.116. The molecule has 146 valence electrons. The van der Waals surface area contributed by atoms with Crippen molar-refractivity contribution < 1.29 is 18.7 Å². The standard InChI is InChI=1S/C20H25ClN2O4/c1-5-26-18-12-14(11-15(21)20(18)25-4)8-9-19(24)22-13-16(23(2)3)17-7-6-10-27-17/h6-12,16H,5,13H2,1-4H3,(H,22,24)/b9-8+. The number of hydrogen-bond donors (Lipinski definition) is 1. The highest BCUT2D eigenvalue weighted by Gasteiger charge is 2.17. The zero-order chi connectivity index (χ0) is 19.8. The van der Waals surface area contributed by atoms with E-state index in [1.165, 1.54) is 13.2 Å². The first-order chi connectivity index (χ1) is 13.0. The second-order valence-corrected chi connectivity index (χ2v) is 6.45.